The monoisotopic (exact) mass is 254 g/mol. The summed E-state index contributed by atoms with van der Waals surface area (Å²) >= 11 is 0. The van der Waals surface area contributed by atoms with Gasteiger partial charge >= 0.3 is 0 Å². The topological polar surface area (TPSA) is 24.9 Å². The maximum atomic E-state index is 4.54. The molecule has 2 rings (SSSR count). The molecule has 1 aromatic carbocycles. The van der Waals surface area contributed by atoms with Crippen LogP contribution in [-0.4, -0.2) is 12.0 Å². The van der Waals surface area contributed by atoms with Crippen LogP contribution < -0.4 is 5.32 Å². The summed E-state index contributed by atoms with van der Waals surface area (Å²) in [5.41, 5.74) is 6.52. The highest BCUT2D eigenvalue weighted by atomic mass is 14.9. The predicted molar refractivity (Wildman–Crippen MR) is 80.4 cm³/mol. The van der Waals surface area contributed by atoms with Crippen molar-refractivity contribution in [3.8, 4) is 0 Å². The third-order valence-electron chi connectivity index (χ3n) is 3.78. The summed E-state index contributed by atoms with van der Waals surface area (Å²) in [6, 6.07) is 10.9. The van der Waals surface area contributed by atoms with Gasteiger partial charge in [-0.3, -0.25) is 4.98 Å². The van der Waals surface area contributed by atoms with Crippen LogP contribution in [0.2, 0.25) is 0 Å². The molecule has 1 N–H and O–H groups in total. The highest BCUT2D eigenvalue weighted by Gasteiger charge is 2.15. The highest BCUT2D eigenvalue weighted by Crippen LogP contribution is 2.23. The molecule has 1 heterocycles. The van der Waals surface area contributed by atoms with Crippen molar-refractivity contribution in [3.05, 3.63) is 64.5 Å². The number of hydrogen-bond acceptors (Lipinski definition) is 2. The lowest BCUT2D eigenvalue weighted by atomic mass is 9.94. The lowest BCUT2D eigenvalue weighted by molar-refractivity contribution is 0.570. The molecular formula is C17H22N2. The van der Waals surface area contributed by atoms with Crippen molar-refractivity contribution in [3.63, 3.8) is 0 Å². The minimum Gasteiger partial charge on any atom is -0.311 e. The van der Waals surface area contributed by atoms with Crippen LogP contribution in [0.5, 0.6) is 0 Å². The Balaban J connectivity index is 2.32. The summed E-state index contributed by atoms with van der Waals surface area (Å²) in [5.74, 6) is 0. The van der Waals surface area contributed by atoms with Crippen LogP contribution in [-0.2, 0) is 6.42 Å². The average molecular weight is 254 g/mol. The van der Waals surface area contributed by atoms with Crippen LogP contribution in [0.25, 0.3) is 0 Å². The fourth-order valence-electron chi connectivity index (χ4n) is 2.57. The first-order valence-corrected chi connectivity index (χ1v) is 6.77. The van der Waals surface area contributed by atoms with Gasteiger partial charge < -0.3 is 5.32 Å². The number of aromatic nitrogens is 1. The quantitative estimate of drug-likeness (QED) is 0.903. The lowest BCUT2D eigenvalue weighted by Crippen LogP contribution is -2.21. The second-order valence-electron chi connectivity index (χ2n) is 5.12. The van der Waals surface area contributed by atoms with Crippen molar-refractivity contribution in [2.75, 3.05) is 7.05 Å². The first-order chi connectivity index (χ1) is 9.13. The van der Waals surface area contributed by atoms with Gasteiger partial charge in [0.15, 0.2) is 0 Å². The third-order valence-corrected chi connectivity index (χ3v) is 3.78. The summed E-state index contributed by atoms with van der Waals surface area (Å²) < 4.78 is 0. The molecule has 0 spiro atoms. The summed E-state index contributed by atoms with van der Waals surface area (Å²) in [6.45, 7) is 6.48. The second kappa shape index (κ2) is 5.98. The minimum atomic E-state index is 0.265. The largest absolute Gasteiger partial charge is 0.311 e. The number of nitrogens with zero attached hydrogens (tertiary/aromatic N) is 1. The van der Waals surface area contributed by atoms with Gasteiger partial charge in [-0.15, -0.1) is 0 Å². The van der Waals surface area contributed by atoms with Crippen molar-refractivity contribution >= 4 is 0 Å². The molecule has 0 amide bonds. The molecule has 19 heavy (non-hydrogen) atoms. The van der Waals surface area contributed by atoms with E-state index in [1.807, 2.05) is 19.3 Å². The number of rotatable bonds is 4. The van der Waals surface area contributed by atoms with Gasteiger partial charge in [-0.2, -0.15) is 0 Å². The van der Waals surface area contributed by atoms with Crippen LogP contribution >= 0.6 is 0 Å². The predicted octanol–water partition coefficient (Wildman–Crippen LogP) is 3.51. The standard InChI is InChI=1S/C17H22N2/c1-12-7-5-8-13(2)15(12)11-16(18-4)17-14(3)9-6-10-19-17/h5-10,16,18H,11H2,1-4H3. The smallest absolute Gasteiger partial charge is 0.0605 e. The minimum absolute atomic E-state index is 0.265. The average Bonchev–Trinajstić information content (AvgIpc) is 2.40. The first kappa shape index (κ1) is 13.8. The second-order valence-corrected chi connectivity index (χ2v) is 5.12. The summed E-state index contributed by atoms with van der Waals surface area (Å²) in [4.78, 5) is 4.54. The molecule has 2 aromatic rings. The van der Waals surface area contributed by atoms with E-state index in [0.29, 0.717) is 0 Å². The zero-order valence-corrected chi connectivity index (χ0v) is 12.2. The van der Waals surface area contributed by atoms with Gasteiger partial charge in [-0.1, -0.05) is 24.3 Å². The maximum Gasteiger partial charge on any atom is 0.0605 e. The van der Waals surface area contributed by atoms with Crippen LogP contribution in [0, 0.1) is 20.8 Å². The molecule has 0 saturated carbocycles. The Morgan fingerprint density at radius 2 is 1.63 bits per heavy atom. The molecule has 0 aliphatic heterocycles. The molecule has 0 bridgehead atoms. The lowest BCUT2D eigenvalue weighted by Gasteiger charge is -2.20. The van der Waals surface area contributed by atoms with E-state index in [9.17, 15) is 0 Å². The van der Waals surface area contributed by atoms with E-state index >= 15 is 0 Å². The summed E-state index contributed by atoms with van der Waals surface area (Å²) in [6.07, 6.45) is 2.85. The van der Waals surface area contributed by atoms with Crippen molar-refractivity contribution in [1.82, 2.24) is 10.3 Å². The number of benzene rings is 1. The van der Waals surface area contributed by atoms with Gasteiger partial charge in [-0.05, 0) is 62.6 Å². The SMILES string of the molecule is CNC(Cc1c(C)cccc1C)c1ncccc1C. The number of likely N-dealkylation sites (N-methyl/N-ethyl adjacent to an activating group) is 1. The Hall–Kier alpha value is -1.67. The van der Waals surface area contributed by atoms with E-state index in [-0.39, 0.29) is 6.04 Å². The van der Waals surface area contributed by atoms with Gasteiger partial charge in [0.1, 0.15) is 0 Å². The zero-order valence-electron chi connectivity index (χ0n) is 12.2. The van der Waals surface area contributed by atoms with E-state index in [1.165, 1.54) is 22.3 Å². The molecule has 1 atom stereocenters. The van der Waals surface area contributed by atoms with Crippen LogP contribution in [0.15, 0.2) is 36.5 Å². The van der Waals surface area contributed by atoms with E-state index in [4.69, 9.17) is 0 Å². The molecule has 2 heteroatoms. The van der Waals surface area contributed by atoms with Crippen molar-refractivity contribution in [2.45, 2.75) is 33.2 Å². The molecule has 0 fully saturated rings. The Kier molecular flexibility index (Phi) is 4.33. The fraction of sp³-hybridized carbons (Fsp3) is 0.353. The Morgan fingerprint density at radius 1 is 1.00 bits per heavy atom. The molecule has 2 nitrogen and oxygen atoms in total. The Bertz CT molecular complexity index is 541. The van der Waals surface area contributed by atoms with Gasteiger partial charge in [-0.25, -0.2) is 0 Å². The normalized spacial score (nSPS) is 12.4. The van der Waals surface area contributed by atoms with Gasteiger partial charge in [0.25, 0.3) is 0 Å². The highest BCUT2D eigenvalue weighted by molar-refractivity contribution is 5.35. The number of nitrogens with one attached hydrogen (secondary N) is 1. The maximum absolute atomic E-state index is 4.54. The molecule has 0 radical (unpaired) electrons. The van der Waals surface area contributed by atoms with Crippen LogP contribution in [0.4, 0.5) is 0 Å². The number of pyridine rings is 1. The number of aryl methyl sites for hydroxylation is 3. The Morgan fingerprint density at radius 3 is 2.21 bits per heavy atom. The van der Waals surface area contributed by atoms with E-state index < -0.39 is 0 Å². The summed E-state index contributed by atoms with van der Waals surface area (Å²) in [7, 11) is 2.01. The third kappa shape index (κ3) is 3.02. The molecule has 0 aliphatic carbocycles. The van der Waals surface area contributed by atoms with Crippen LogP contribution in [0.1, 0.15) is 34.0 Å². The molecular weight excluding hydrogens is 232 g/mol. The van der Waals surface area contributed by atoms with Crippen molar-refractivity contribution < 1.29 is 0 Å². The van der Waals surface area contributed by atoms with E-state index in [1.54, 1.807) is 0 Å². The van der Waals surface area contributed by atoms with E-state index in [0.717, 1.165) is 12.1 Å². The molecule has 1 aromatic heterocycles. The van der Waals surface area contributed by atoms with Gasteiger partial charge in [0.2, 0.25) is 0 Å². The molecule has 0 aliphatic rings. The number of hydrogen-bond donors (Lipinski definition) is 1. The Labute approximate surface area is 115 Å². The molecule has 1 unspecified atom stereocenters. The van der Waals surface area contributed by atoms with Crippen molar-refractivity contribution in [1.29, 1.82) is 0 Å². The van der Waals surface area contributed by atoms with Gasteiger partial charge in [0, 0.05) is 6.20 Å². The molecule has 100 valence electrons. The molecule has 0 saturated heterocycles. The van der Waals surface area contributed by atoms with Crippen LogP contribution in [0.3, 0.4) is 0 Å². The van der Waals surface area contributed by atoms with Gasteiger partial charge in [0.05, 0.1) is 11.7 Å². The first-order valence-electron chi connectivity index (χ1n) is 6.77. The zero-order chi connectivity index (χ0) is 13.8. The fourth-order valence-corrected chi connectivity index (χ4v) is 2.57. The van der Waals surface area contributed by atoms with E-state index in [2.05, 4.69) is 55.3 Å². The summed E-state index contributed by atoms with van der Waals surface area (Å²) in [5, 5.41) is 3.40. The van der Waals surface area contributed by atoms with Crippen molar-refractivity contribution in [2.24, 2.45) is 0 Å².